The Hall–Kier alpha value is -0.120. The summed E-state index contributed by atoms with van der Waals surface area (Å²) < 4.78 is 0. The maximum absolute atomic E-state index is 9.51. The Bertz CT molecular complexity index is 20.8. The summed E-state index contributed by atoms with van der Waals surface area (Å²) in [6, 6.07) is 0. The molecule has 0 unspecified atom stereocenters. The first-order valence-corrected chi connectivity index (χ1v) is 2.05. The second kappa shape index (κ2) is 4.88. The van der Waals surface area contributed by atoms with Crippen molar-refractivity contribution in [2.45, 2.75) is 6.42 Å². The van der Waals surface area contributed by atoms with E-state index >= 15 is 0 Å². The Kier molecular flexibility index (Phi) is 4.78. The molecule has 0 aromatic heterocycles. The largest absolute Gasteiger partial charge is 0.636 e. The zero-order valence-electron chi connectivity index (χ0n) is 3.68. The van der Waals surface area contributed by atoms with Gasteiger partial charge >= 0.3 is 0 Å². The molecule has 0 spiro atoms. The molecule has 0 aliphatic heterocycles. The van der Waals surface area contributed by atoms with Crippen LogP contribution >= 0.6 is 0 Å². The van der Waals surface area contributed by atoms with Crippen LogP contribution in [0.5, 0.6) is 0 Å². The molecule has 0 radical (unpaired) electrons. The average Bonchev–Trinajstić information content (AvgIpc) is 1.61. The molecule has 0 saturated heterocycles. The fourth-order valence-corrected chi connectivity index (χ4v) is 0.201. The van der Waals surface area contributed by atoms with Crippen LogP contribution in [0.3, 0.4) is 0 Å². The van der Waals surface area contributed by atoms with Gasteiger partial charge in [0.1, 0.15) is 0 Å². The fraction of sp³-hybridized carbons (Fsp3) is 1.00. The van der Waals surface area contributed by atoms with E-state index in [0.29, 0.717) is 13.1 Å². The molecule has 0 saturated carbocycles. The molecule has 0 heterocycles. The molecule has 0 aromatic carbocycles. The van der Waals surface area contributed by atoms with Gasteiger partial charge in [-0.3, -0.25) is 0 Å². The van der Waals surface area contributed by atoms with Crippen molar-refractivity contribution >= 4 is 0 Å². The lowest BCUT2D eigenvalue weighted by molar-refractivity contribution is -0.588. The highest BCUT2D eigenvalue weighted by Crippen LogP contribution is 1.57. The van der Waals surface area contributed by atoms with Crippen LogP contribution in [0.15, 0.2) is 0 Å². The molecule has 0 fully saturated rings. The third-order valence-corrected chi connectivity index (χ3v) is 0.526. The van der Waals surface area contributed by atoms with Crippen LogP contribution in [0.25, 0.3) is 0 Å². The van der Waals surface area contributed by atoms with Crippen molar-refractivity contribution < 1.29 is 5.48 Å². The van der Waals surface area contributed by atoms with Crippen LogP contribution in [-0.4, -0.2) is 13.1 Å². The van der Waals surface area contributed by atoms with Gasteiger partial charge in [0.05, 0.1) is 6.54 Å². The summed E-state index contributed by atoms with van der Waals surface area (Å²) in [5.41, 5.74) is 5.94. The fourth-order valence-electron chi connectivity index (χ4n) is 0.201. The highest BCUT2D eigenvalue weighted by atomic mass is 16.5. The molecule has 0 bridgehead atoms. The van der Waals surface area contributed by atoms with Gasteiger partial charge in [-0.1, -0.05) is 0 Å². The molecule has 38 valence electrons. The van der Waals surface area contributed by atoms with Crippen LogP contribution < -0.4 is 11.2 Å². The smallest absolute Gasteiger partial charge is 0.0764 e. The minimum atomic E-state index is 0.608. The first kappa shape index (κ1) is 5.88. The van der Waals surface area contributed by atoms with Gasteiger partial charge in [-0.05, 0) is 6.54 Å². The first-order valence-electron chi connectivity index (χ1n) is 2.05. The highest BCUT2D eigenvalue weighted by Gasteiger charge is 1.74. The third-order valence-electron chi connectivity index (χ3n) is 0.526. The maximum Gasteiger partial charge on any atom is 0.0764 e. The van der Waals surface area contributed by atoms with Crippen LogP contribution in [-0.2, 0) is 0 Å². The molecule has 3 nitrogen and oxygen atoms in total. The SMILES string of the molecule is NCCC[NH2+][O-]. The zero-order valence-corrected chi connectivity index (χ0v) is 3.68. The van der Waals surface area contributed by atoms with Crippen molar-refractivity contribution in [1.82, 2.24) is 0 Å². The van der Waals surface area contributed by atoms with Gasteiger partial charge < -0.3 is 16.4 Å². The van der Waals surface area contributed by atoms with Gasteiger partial charge in [0.15, 0.2) is 0 Å². The number of hydroxylamine groups is 1. The minimum Gasteiger partial charge on any atom is -0.636 e. The van der Waals surface area contributed by atoms with Crippen LogP contribution in [0.2, 0.25) is 0 Å². The van der Waals surface area contributed by atoms with E-state index in [2.05, 4.69) is 0 Å². The van der Waals surface area contributed by atoms with E-state index in [1.54, 1.807) is 0 Å². The Morgan fingerprint density at radius 2 is 2.33 bits per heavy atom. The normalized spacial score (nSPS) is 9.00. The molecule has 3 heteroatoms. The van der Waals surface area contributed by atoms with Crippen LogP contribution in [0, 0.1) is 5.21 Å². The maximum atomic E-state index is 9.51. The van der Waals surface area contributed by atoms with Crippen molar-refractivity contribution in [1.29, 1.82) is 0 Å². The molecule has 0 atom stereocenters. The van der Waals surface area contributed by atoms with Crippen molar-refractivity contribution in [3.8, 4) is 0 Å². The summed E-state index contributed by atoms with van der Waals surface area (Å²) in [5, 5.41) is 9.51. The topological polar surface area (TPSA) is 65.7 Å². The van der Waals surface area contributed by atoms with Crippen LogP contribution in [0.4, 0.5) is 0 Å². The summed E-state index contributed by atoms with van der Waals surface area (Å²) in [4.78, 5) is 0. The molecule has 0 aromatic rings. The van der Waals surface area contributed by atoms with Gasteiger partial charge in [0.25, 0.3) is 0 Å². The highest BCUT2D eigenvalue weighted by molar-refractivity contribution is 4.29. The Morgan fingerprint density at radius 1 is 1.67 bits per heavy atom. The molecule has 0 amide bonds. The molecule has 0 aliphatic carbocycles. The molecule has 6 heavy (non-hydrogen) atoms. The quantitative estimate of drug-likeness (QED) is 0.323. The molecule has 0 rings (SSSR count). The van der Waals surface area contributed by atoms with E-state index in [9.17, 15) is 5.21 Å². The molecular weight excluding hydrogens is 80.0 g/mol. The van der Waals surface area contributed by atoms with Crippen molar-refractivity contribution in [2.24, 2.45) is 5.73 Å². The Balaban J connectivity index is 2.34. The summed E-state index contributed by atoms with van der Waals surface area (Å²) in [7, 11) is 0. The Morgan fingerprint density at radius 3 is 2.50 bits per heavy atom. The van der Waals surface area contributed by atoms with E-state index in [4.69, 9.17) is 5.73 Å². The molecule has 4 N–H and O–H groups in total. The minimum absolute atomic E-state index is 0.608. The number of quaternary nitrogens is 1. The van der Waals surface area contributed by atoms with Gasteiger partial charge in [0, 0.05) is 6.42 Å². The zero-order chi connectivity index (χ0) is 4.83. The average molecular weight is 90.1 g/mol. The van der Waals surface area contributed by atoms with Crippen molar-refractivity contribution in [3.63, 3.8) is 0 Å². The van der Waals surface area contributed by atoms with Gasteiger partial charge in [-0.25, -0.2) is 0 Å². The summed E-state index contributed by atoms with van der Waals surface area (Å²) >= 11 is 0. The summed E-state index contributed by atoms with van der Waals surface area (Å²) in [6.45, 7) is 1.23. The summed E-state index contributed by atoms with van der Waals surface area (Å²) in [5.74, 6) is 0. The Labute approximate surface area is 37.1 Å². The molecule has 0 aliphatic rings. The lowest BCUT2D eigenvalue weighted by Gasteiger charge is -1.96. The third kappa shape index (κ3) is 3.88. The van der Waals surface area contributed by atoms with Gasteiger partial charge in [0.2, 0.25) is 0 Å². The predicted octanol–water partition coefficient (Wildman–Crippen LogP) is -1.60. The lowest BCUT2D eigenvalue weighted by Crippen LogP contribution is -2.77. The van der Waals surface area contributed by atoms with E-state index in [1.165, 1.54) is 0 Å². The van der Waals surface area contributed by atoms with E-state index in [-0.39, 0.29) is 0 Å². The lowest BCUT2D eigenvalue weighted by atomic mass is 10.4. The second-order valence-electron chi connectivity index (χ2n) is 1.10. The monoisotopic (exact) mass is 90.1 g/mol. The van der Waals surface area contributed by atoms with Crippen LogP contribution in [0.1, 0.15) is 6.42 Å². The van der Waals surface area contributed by atoms with Crippen molar-refractivity contribution in [2.75, 3.05) is 13.1 Å². The predicted molar refractivity (Wildman–Crippen MR) is 23.8 cm³/mol. The first-order chi connectivity index (χ1) is 2.91. The van der Waals surface area contributed by atoms with Gasteiger partial charge in [-0.2, -0.15) is 0 Å². The number of nitrogens with two attached hydrogens (primary N) is 2. The van der Waals surface area contributed by atoms with Crippen molar-refractivity contribution in [3.05, 3.63) is 5.21 Å². The second-order valence-corrected chi connectivity index (χ2v) is 1.10. The standard InChI is InChI=1S/C3H10N2O/c4-2-1-3-5-6/h1-5H2. The number of hydrogen-bond acceptors (Lipinski definition) is 2. The van der Waals surface area contributed by atoms with Gasteiger partial charge in [-0.15, -0.1) is 0 Å². The number of rotatable bonds is 3. The number of hydrogen-bond donors (Lipinski definition) is 2. The van der Waals surface area contributed by atoms with E-state index in [0.717, 1.165) is 11.9 Å². The van der Waals surface area contributed by atoms with E-state index in [1.807, 2.05) is 0 Å². The van der Waals surface area contributed by atoms with E-state index < -0.39 is 0 Å². The summed E-state index contributed by atoms with van der Waals surface area (Å²) in [6.07, 6.45) is 0.823. The molecular formula is C3H10N2O.